The Morgan fingerprint density at radius 2 is 1.59 bits per heavy atom. The van der Waals surface area contributed by atoms with Crippen LogP contribution >= 0.6 is 0 Å². The van der Waals surface area contributed by atoms with E-state index >= 15 is 0 Å². The molecular weight excluding hydrogens is 430 g/mol. The van der Waals surface area contributed by atoms with Gasteiger partial charge in [-0.15, -0.1) is 0 Å². The predicted molar refractivity (Wildman–Crippen MR) is 131 cm³/mol. The highest BCUT2D eigenvalue weighted by atomic mass is 16.6. The van der Waals surface area contributed by atoms with Crippen molar-refractivity contribution in [2.45, 2.75) is 38.1 Å². The summed E-state index contributed by atoms with van der Waals surface area (Å²) in [5.41, 5.74) is 2.64. The Hall–Kier alpha value is -3.06. The van der Waals surface area contributed by atoms with Crippen LogP contribution in [0.4, 0.5) is 5.69 Å². The first-order chi connectivity index (χ1) is 16.5. The largest absolute Gasteiger partial charge is 0.486 e. The van der Waals surface area contributed by atoms with Crippen molar-refractivity contribution in [1.82, 2.24) is 10.2 Å². The quantitative estimate of drug-likeness (QED) is 0.663. The molecule has 3 aliphatic rings. The molecule has 2 fully saturated rings. The maximum Gasteiger partial charge on any atom is 0.234 e. The third kappa shape index (κ3) is 4.75. The summed E-state index contributed by atoms with van der Waals surface area (Å²) in [5, 5.41) is 3.40. The molecule has 7 heteroatoms. The topological polar surface area (TPSA) is 71.1 Å². The van der Waals surface area contributed by atoms with E-state index in [0.717, 1.165) is 80.2 Å². The van der Waals surface area contributed by atoms with Gasteiger partial charge in [-0.2, -0.15) is 0 Å². The number of anilines is 1. The van der Waals surface area contributed by atoms with E-state index in [9.17, 15) is 9.59 Å². The molecule has 1 saturated heterocycles. The number of carbonyl (C=O) groups is 2. The third-order valence-electron chi connectivity index (χ3n) is 7.31. The third-order valence-corrected chi connectivity index (χ3v) is 7.31. The summed E-state index contributed by atoms with van der Waals surface area (Å²) in [4.78, 5) is 29.2. The lowest BCUT2D eigenvalue weighted by Crippen LogP contribution is -2.52. The van der Waals surface area contributed by atoms with Crippen LogP contribution in [0.5, 0.6) is 11.5 Å². The summed E-state index contributed by atoms with van der Waals surface area (Å²) in [6, 6.07) is 13.9. The molecular formula is C27H33N3O4. The van der Waals surface area contributed by atoms with E-state index in [-0.39, 0.29) is 17.2 Å². The Morgan fingerprint density at radius 1 is 0.912 bits per heavy atom. The van der Waals surface area contributed by atoms with E-state index in [1.165, 1.54) is 0 Å². The van der Waals surface area contributed by atoms with E-state index in [1.54, 1.807) is 6.92 Å². The van der Waals surface area contributed by atoms with Crippen LogP contribution in [0.15, 0.2) is 42.5 Å². The van der Waals surface area contributed by atoms with Crippen LogP contribution < -0.4 is 19.7 Å². The number of benzene rings is 2. The zero-order valence-electron chi connectivity index (χ0n) is 19.8. The number of nitrogens with one attached hydrogen (secondary N) is 1. The lowest BCUT2D eigenvalue weighted by Gasteiger charge is -2.37. The van der Waals surface area contributed by atoms with Gasteiger partial charge in [0.1, 0.15) is 13.2 Å². The smallest absolute Gasteiger partial charge is 0.234 e. The molecule has 1 saturated carbocycles. The molecule has 7 nitrogen and oxygen atoms in total. The van der Waals surface area contributed by atoms with E-state index in [4.69, 9.17) is 9.47 Å². The second-order valence-corrected chi connectivity index (χ2v) is 9.56. The lowest BCUT2D eigenvalue weighted by molar-refractivity contribution is -0.124. The van der Waals surface area contributed by atoms with Gasteiger partial charge in [0.25, 0.3) is 0 Å². The first-order valence-corrected chi connectivity index (χ1v) is 12.3. The van der Waals surface area contributed by atoms with Gasteiger partial charge in [0.15, 0.2) is 17.3 Å². The minimum absolute atomic E-state index is 0.0797. The van der Waals surface area contributed by atoms with Crippen molar-refractivity contribution in [3.63, 3.8) is 0 Å². The standard InChI is InChI=1S/C27H33N3O4/c1-20(31)21-4-7-23(8-5-21)30-14-12-29(13-15-30)19-26(32)28-27(10-2-3-11-27)22-6-9-24-25(18-22)34-17-16-33-24/h4-9,18H,2-3,10-17,19H2,1H3,(H,28,32). The van der Waals surface area contributed by atoms with Crippen molar-refractivity contribution < 1.29 is 19.1 Å². The first kappa shape index (κ1) is 22.7. The van der Waals surface area contributed by atoms with Crippen molar-refractivity contribution in [2.75, 3.05) is 50.8 Å². The van der Waals surface area contributed by atoms with Crippen molar-refractivity contribution in [3.8, 4) is 11.5 Å². The Bertz CT molecular complexity index is 1040. The number of carbonyl (C=O) groups excluding carboxylic acids is 2. The van der Waals surface area contributed by atoms with Crippen LogP contribution in [-0.2, 0) is 10.3 Å². The molecule has 180 valence electrons. The fraction of sp³-hybridized carbons (Fsp3) is 0.481. The summed E-state index contributed by atoms with van der Waals surface area (Å²) >= 11 is 0. The van der Waals surface area contributed by atoms with Crippen molar-refractivity contribution in [2.24, 2.45) is 0 Å². The molecule has 2 aromatic rings. The number of hydrogen-bond acceptors (Lipinski definition) is 6. The molecule has 0 bridgehead atoms. The van der Waals surface area contributed by atoms with Crippen molar-refractivity contribution >= 4 is 17.4 Å². The number of ether oxygens (including phenoxy) is 2. The summed E-state index contributed by atoms with van der Waals surface area (Å²) < 4.78 is 11.5. The van der Waals surface area contributed by atoms with Crippen LogP contribution in [-0.4, -0.2) is 62.5 Å². The van der Waals surface area contributed by atoms with Gasteiger partial charge < -0.3 is 19.7 Å². The maximum absolute atomic E-state index is 13.1. The maximum atomic E-state index is 13.1. The van der Waals surface area contributed by atoms with E-state index in [1.807, 2.05) is 30.3 Å². The number of Topliss-reactive ketones (excluding diaryl/α,β-unsaturated/α-hetero) is 1. The Balaban J connectivity index is 1.19. The first-order valence-electron chi connectivity index (χ1n) is 12.3. The average Bonchev–Trinajstić information content (AvgIpc) is 3.33. The van der Waals surface area contributed by atoms with E-state index in [0.29, 0.717) is 19.8 Å². The highest BCUT2D eigenvalue weighted by molar-refractivity contribution is 5.94. The molecule has 5 rings (SSSR count). The molecule has 1 aliphatic carbocycles. The van der Waals surface area contributed by atoms with E-state index in [2.05, 4.69) is 27.2 Å². The van der Waals surface area contributed by atoms with Gasteiger partial charge >= 0.3 is 0 Å². The van der Waals surface area contributed by atoms with Gasteiger partial charge in [-0.1, -0.05) is 18.9 Å². The van der Waals surface area contributed by atoms with Gasteiger partial charge in [-0.05, 0) is 61.7 Å². The number of amides is 1. The van der Waals surface area contributed by atoms with Gasteiger partial charge in [0, 0.05) is 37.4 Å². The highest BCUT2D eigenvalue weighted by Gasteiger charge is 2.38. The lowest BCUT2D eigenvalue weighted by atomic mass is 9.87. The monoisotopic (exact) mass is 463 g/mol. The molecule has 1 amide bonds. The van der Waals surface area contributed by atoms with Crippen LogP contribution in [0.25, 0.3) is 0 Å². The van der Waals surface area contributed by atoms with Gasteiger partial charge in [-0.3, -0.25) is 14.5 Å². The molecule has 0 spiro atoms. The number of piperazine rings is 1. The minimum Gasteiger partial charge on any atom is -0.486 e. The molecule has 0 radical (unpaired) electrons. The number of fused-ring (bicyclic) bond motifs is 1. The van der Waals surface area contributed by atoms with Gasteiger partial charge in [0.2, 0.25) is 5.91 Å². The minimum atomic E-state index is -0.326. The highest BCUT2D eigenvalue weighted by Crippen LogP contribution is 2.42. The fourth-order valence-corrected chi connectivity index (χ4v) is 5.39. The zero-order valence-corrected chi connectivity index (χ0v) is 19.8. The SMILES string of the molecule is CC(=O)c1ccc(N2CCN(CC(=O)NC3(c4ccc5c(c4)OCCO5)CCCC3)CC2)cc1. The Labute approximate surface area is 201 Å². The normalized spacial score (nSPS) is 19.6. The zero-order chi connectivity index (χ0) is 23.5. The number of ketones is 1. The summed E-state index contributed by atoms with van der Waals surface area (Å²) in [6.07, 6.45) is 4.11. The van der Waals surface area contributed by atoms with Crippen LogP contribution in [0.1, 0.15) is 48.5 Å². The van der Waals surface area contributed by atoms with Crippen LogP contribution in [0.3, 0.4) is 0 Å². The molecule has 0 atom stereocenters. The summed E-state index contributed by atoms with van der Waals surface area (Å²) in [7, 11) is 0. The molecule has 1 N–H and O–H groups in total. The second kappa shape index (κ2) is 9.66. The van der Waals surface area contributed by atoms with Gasteiger partial charge in [0.05, 0.1) is 12.1 Å². The molecule has 0 unspecified atom stereocenters. The van der Waals surface area contributed by atoms with Crippen molar-refractivity contribution in [3.05, 3.63) is 53.6 Å². The molecule has 2 aliphatic heterocycles. The average molecular weight is 464 g/mol. The Kier molecular flexibility index (Phi) is 6.46. The predicted octanol–water partition coefficient (Wildman–Crippen LogP) is 3.37. The fourth-order valence-electron chi connectivity index (χ4n) is 5.39. The van der Waals surface area contributed by atoms with E-state index < -0.39 is 0 Å². The summed E-state index contributed by atoms with van der Waals surface area (Å²) in [6.45, 7) is 6.51. The second-order valence-electron chi connectivity index (χ2n) is 9.56. The molecule has 34 heavy (non-hydrogen) atoms. The number of rotatable bonds is 6. The van der Waals surface area contributed by atoms with Crippen molar-refractivity contribution in [1.29, 1.82) is 0 Å². The van der Waals surface area contributed by atoms with Crippen LogP contribution in [0, 0.1) is 0 Å². The molecule has 2 heterocycles. The number of nitrogens with zero attached hydrogens (tertiary/aromatic N) is 2. The van der Waals surface area contributed by atoms with Gasteiger partial charge in [-0.25, -0.2) is 0 Å². The Morgan fingerprint density at radius 3 is 2.26 bits per heavy atom. The molecule has 0 aromatic heterocycles. The summed E-state index contributed by atoms with van der Waals surface area (Å²) in [5.74, 6) is 1.72. The van der Waals surface area contributed by atoms with Crippen LogP contribution in [0.2, 0.25) is 0 Å². The molecule has 2 aromatic carbocycles. The number of hydrogen-bond donors (Lipinski definition) is 1.